The van der Waals surface area contributed by atoms with E-state index >= 15 is 0 Å². The van der Waals surface area contributed by atoms with Crippen molar-refractivity contribution in [3.63, 3.8) is 0 Å². The first-order valence-corrected chi connectivity index (χ1v) is 8.12. The zero-order valence-electron chi connectivity index (χ0n) is 14.0. The third kappa shape index (κ3) is 4.27. The first-order chi connectivity index (χ1) is 12.6. The van der Waals surface area contributed by atoms with Crippen LogP contribution in [0.1, 0.15) is 21.5 Å². The van der Waals surface area contributed by atoms with Gasteiger partial charge in [-0.3, -0.25) is 4.79 Å². The van der Waals surface area contributed by atoms with Crippen molar-refractivity contribution in [1.82, 2.24) is 5.43 Å². The van der Waals surface area contributed by atoms with E-state index in [4.69, 9.17) is 0 Å². The molecule has 0 aliphatic carbocycles. The minimum absolute atomic E-state index is 0.0409. The first kappa shape index (κ1) is 17.2. The van der Waals surface area contributed by atoms with E-state index in [1.165, 1.54) is 18.2 Å². The molecule has 3 aromatic carbocycles. The summed E-state index contributed by atoms with van der Waals surface area (Å²) in [5, 5.41) is 23.6. The lowest BCUT2D eigenvalue weighted by Gasteiger charge is -2.09. The Morgan fingerprint density at radius 3 is 2.23 bits per heavy atom. The highest BCUT2D eigenvalue weighted by molar-refractivity contribution is 6.03. The summed E-state index contributed by atoms with van der Waals surface area (Å²) in [6, 6.07) is 23.1. The van der Waals surface area contributed by atoms with Gasteiger partial charge in [0.1, 0.15) is 11.5 Å². The zero-order chi connectivity index (χ0) is 18.4. The molecule has 0 radical (unpaired) electrons. The van der Waals surface area contributed by atoms with Gasteiger partial charge in [-0.05, 0) is 29.3 Å². The van der Waals surface area contributed by atoms with Gasteiger partial charge in [0.15, 0.2) is 0 Å². The molecule has 0 spiro atoms. The minimum Gasteiger partial charge on any atom is -0.508 e. The van der Waals surface area contributed by atoms with Gasteiger partial charge in [0.05, 0.1) is 11.3 Å². The Morgan fingerprint density at radius 1 is 0.885 bits per heavy atom. The Balaban J connectivity index is 1.86. The standard InChI is InChI=1S/C21H18N2O3/c24-17-11-12-20(25)18(14-17)21(26)23-22-19(16-9-5-2-6-10-16)13-15-7-3-1-4-8-15/h1-12,14,24-25H,13H2,(H,23,26)/b22-19-. The summed E-state index contributed by atoms with van der Waals surface area (Å²) >= 11 is 0. The van der Waals surface area contributed by atoms with Crippen LogP contribution in [0.4, 0.5) is 0 Å². The Kier molecular flexibility index (Phi) is 5.29. The van der Waals surface area contributed by atoms with Crippen LogP contribution >= 0.6 is 0 Å². The van der Waals surface area contributed by atoms with Crippen LogP contribution < -0.4 is 5.43 Å². The summed E-state index contributed by atoms with van der Waals surface area (Å²) in [5.74, 6) is -0.927. The molecule has 0 saturated carbocycles. The third-order valence-electron chi connectivity index (χ3n) is 3.84. The Bertz CT molecular complexity index is 923. The number of benzene rings is 3. The Labute approximate surface area is 151 Å². The molecule has 3 rings (SSSR count). The maximum Gasteiger partial charge on any atom is 0.275 e. The number of rotatable bonds is 5. The molecule has 0 heterocycles. The molecule has 0 aromatic heterocycles. The predicted molar refractivity (Wildman–Crippen MR) is 100 cm³/mol. The lowest BCUT2D eigenvalue weighted by molar-refractivity contribution is 0.0951. The van der Waals surface area contributed by atoms with Crippen molar-refractivity contribution in [2.45, 2.75) is 6.42 Å². The van der Waals surface area contributed by atoms with Crippen molar-refractivity contribution < 1.29 is 15.0 Å². The maximum atomic E-state index is 12.3. The molecule has 0 fully saturated rings. The van der Waals surface area contributed by atoms with Crippen LogP contribution in [0.15, 0.2) is 84.0 Å². The van der Waals surface area contributed by atoms with Crippen molar-refractivity contribution in [2.24, 2.45) is 5.10 Å². The van der Waals surface area contributed by atoms with E-state index in [0.29, 0.717) is 12.1 Å². The van der Waals surface area contributed by atoms with E-state index in [9.17, 15) is 15.0 Å². The zero-order valence-corrected chi connectivity index (χ0v) is 14.0. The molecule has 3 N–H and O–H groups in total. The predicted octanol–water partition coefficient (Wildman–Crippen LogP) is 3.47. The molecule has 0 atom stereocenters. The van der Waals surface area contributed by atoms with Crippen molar-refractivity contribution in [2.75, 3.05) is 0 Å². The highest BCUT2D eigenvalue weighted by Gasteiger charge is 2.12. The van der Waals surface area contributed by atoms with E-state index in [0.717, 1.165) is 11.1 Å². The fourth-order valence-corrected chi connectivity index (χ4v) is 2.51. The summed E-state index contributed by atoms with van der Waals surface area (Å²) in [7, 11) is 0. The number of hydrogen-bond donors (Lipinski definition) is 3. The summed E-state index contributed by atoms with van der Waals surface area (Å²) in [6.45, 7) is 0. The number of carbonyl (C=O) groups is 1. The van der Waals surface area contributed by atoms with Gasteiger partial charge in [0, 0.05) is 6.42 Å². The quantitative estimate of drug-likeness (QED) is 0.376. The highest BCUT2D eigenvalue weighted by Crippen LogP contribution is 2.21. The van der Waals surface area contributed by atoms with E-state index < -0.39 is 5.91 Å². The molecule has 0 aliphatic heterocycles. The molecule has 0 bridgehead atoms. The molecule has 5 nitrogen and oxygen atoms in total. The molecule has 3 aromatic rings. The van der Waals surface area contributed by atoms with Crippen LogP contribution in [0, 0.1) is 0 Å². The maximum absolute atomic E-state index is 12.3. The average Bonchev–Trinajstić information content (AvgIpc) is 2.68. The molecule has 0 aliphatic rings. The van der Waals surface area contributed by atoms with Crippen LogP contribution in [0.25, 0.3) is 0 Å². The largest absolute Gasteiger partial charge is 0.508 e. The number of nitrogens with zero attached hydrogens (tertiary/aromatic N) is 1. The highest BCUT2D eigenvalue weighted by atomic mass is 16.3. The van der Waals surface area contributed by atoms with E-state index in [1.54, 1.807) is 0 Å². The van der Waals surface area contributed by atoms with Gasteiger partial charge in [0.2, 0.25) is 0 Å². The molecule has 0 saturated heterocycles. The number of phenolic OH excluding ortho intramolecular Hbond substituents is 2. The van der Waals surface area contributed by atoms with Crippen LogP contribution in [-0.2, 0) is 6.42 Å². The van der Waals surface area contributed by atoms with Gasteiger partial charge in [0.25, 0.3) is 5.91 Å². The SMILES string of the molecule is O=C(N/N=C(/Cc1ccccc1)c1ccccc1)c1cc(O)ccc1O. The van der Waals surface area contributed by atoms with Crippen molar-refractivity contribution in [3.05, 3.63) is 95.6 Å². The van der Waals surface area contributed by atoms with Crippen LogP contribution in [0.2, 0.25) is 0 Å². The molecular weight excluding hydrogens is 328 g/mol. The number of nitrogens with one attached hydrogen (secondary N) is 1. The number of carbonyl (C=O) groups excluding carboxylic acids is 1. The summed E-state index contributed by atoms with van der Waals surface area (Å²) in [5.41, 5.74) is 5.05. The van der Waals surface area contributed by atoms with Gasteiger partial charge in [-0.25, -0.2) is 5.43 Å². The molecular formula is C21H18N2O3. The molecule has 5 heteroatoms. The van der Waals surface area contributed by atoms with Gasteiger partial charge in [-0.15, -0.1) is 0 Å². The average molecular weight is 346 g/mol. The molecule has 130 valence electrons. The number of aromatic hydroxyl groups is 2. The normalized spacial score (nSPS) is 11.2. The van der Waals surface area contributed by atoms with E-state index in [-0.39, 0.29) is 17.1 Å². The van der Waals surface area contributed by atoms with Crippen LogP contribution in [0.5, 0.6) is 11.5 Å². The second-order valence-corrected chi connectivity index (χ2v) is 5.73. The molecule has 26 heavy (non-hydrogen) atoms. The van der Waals surface area contributed by atoms with Crippen molar-refractivity contribution in [1.29, 1.82) is 0 Å². The van der Waals surface area contributed by atoms with E-state index in [1.807, 2.05) is 60.7 Å². The summed E-state index contributed by atoms with van der Waals surface area (Å²) in [4.78, 5) is 12.3. The van der Waals surface area contributed by atoms with E-state index in [2.05, 4.69) is 10.5 Å². The first-order valence-electron chi connectivity index (χ1n) is 8.12. The van der Waals surface area contributed by atoms with Gasteiger partial charge in [-0.2, -0.15) is 5.10 Å². The lowest BCUT2D eigenvalue weighted by Crippen LogP contribution is -2.21. The van der Waals surface area contributed by atoms with Crippen molar-refractivity contribution >= 4 is 11.6 Å². The van der Waals surface area contributed by atoms with Gasteiger partial charge >= 0.3 is 0 Å². The van der Waals surface area contributed by atoms with Crippen LogP contribution in [0.3, 0.4) is 0 Å². The number of hydrazone groups is 1. The topological polar surface area (TPSA) is 81.9 Å². The summed E-state index contributed by atoms with van der Waals surface area (Å²) < 4.78 is 0. The Morgan fingerprint density at radius 2 is 1.54 bits per heavy atom. The number of hydrogen-bond acceptors (Lipinski definition) is 4. The van der Waals surface area contributed by atoms with Crippen LogP contribution in [-0.4, -0.2) is 21.8 Å². The van der Waals surface area contributed by atoms with Gasteiger partial charge in [-0.1, -0.05) is 60.7 Å². The fraction of sp³-hybridized carbons (Fsp3) is 0.0476. The summed E-state index contributed by atoms with van der Waals surface area (Å²) in [6.07, 6.45) is 0.539. The number of phenols is 2. The smallest absolute Gasteiger partial charge is 0.275 e. The number of amides is 1. The molecule has 1 amide bonds. The van der Waals surface area contributed by atoms with Crippen molar-refractivity contribution in [3.8, 4) is 11.5 Å². The molecule has 0 unspecified atom stereocenters. The minimum atomic E-state index is -0.597. The fourth-order valence-electron chi connectivity index (χ4n) is 2.51. The lowest BCUT2D eigenvalue weighted by atomic mass is 10.0. The third-order valence-corrected chi connectivity index (χ3v) is 3.84. The second kappa shape index (κ2) is 7.98. The Hall–Kier alpha value is -3.60. The monoisotopic (exact) mass is 346 g/mol. The van der Waals surface area contributed by atoms with Gasteiger partial charge < -0.3 is 10.2 Å². The second-order valence-electron chi connectivity index (χ2n) is 5.73.